The van der Waals surface area contributed by atoms with Gasteiger partial charge in [-0.3, -0.25) is 14.5 Å². The highest BCUT2D eigenvalue weighted by molar-refractivity contribution is 5.91. The van der Waals surface area contributed by atoms with Gasteiger partial charge in [-0.15, -0.1) is 0 Å². The van der Waals surface area contributed by atoms with Gasteiger partial charge in [-0.05, 0) is 38.4 Å². The van der Waals surface area contributed by atoms with Crippen molar-refractivity contribution in [2.45, 2.75) is 93.8 Å². The maximum absolute atomic E-state index is 14.2. The van der Waals surface area contributed by atoms with Crippen LogP contribution >= 0.6 is 0 Å². The molecule has 1 aromatic heterocycles. The molecule has 51 heavy (non-hydrogen) atoms. The zero-order chi connectivity index (χ0) is 36.9. The Morgan fingerprint density at radius 2 is 1.57 bits per heavy atom. The Bertz CT molecular complexity index is 1820. The molecule has 3 aromatic rings. The molecule has 0 amide bonds. The molecule has 10 N–H and O–H groups in total. The van der Waals surface area contributed by atoms with Gasteiger partial charge in [-0.1, -0.05) is 12.1 Å². The smallest absolute Gasteiger partial charge is 0.320 e. The molecule has 278 valence electrons. The van der Waals surface area contributed by atoms with Crippen LogP contribution in [0.2, 0.25) is 0 Å². The maximum Gasteiger partial charge on any atom is 0.320 e. The van der Waals surface area contributed by atoms with Crippen molar-refractivity contribution in [2.75, 3.05) is 13.2 Å². The number of carbonyl (C=O) groups is 1. The Hall–Kier alpha value is -4.08. The number of phenols is 3. The van der Waals surface area contributed by atoms with Crippen LogP contribution in [0.5, 0.6) is 23.0 Å². The van der Waals surface area contributed by atoms with E-state index in [4.69, 9.17) is 23.4 Å². The zero-order valence-electron chi connectivity index (χ0n) is 27.1. The lowest BCUT2D eigenvalue weighted by Gasteiger charge is -2.42. The van der Waals surface area contributed by atoms with E-state index < -0.39 is 120 Å². The summed E-state index contributed by atoms with van der Waals surface area (Å²) in [5.74, 6) is -3.93. The third-order valence-electron chi connectivity index (χ3n) is 9.48. The lowest BCUT2D eigenvalue weighted by atomic mass is 9.98. The fourth-order valence-corrected chi connectivity index (χ4v) is 6.58. The van der Waals surface area contributed by atoms with Gasteiger partial charge in [-0.2, -0.15) is 0 Å². The Balaban J connectivity index is 1.38. The van der Waals surface area contributed by atoms with Crippen LogP contribution in [0.25, 0.3) is 22.3 Å². The van der Waals surface area contributed by atoms with Gasteiger partial charge in [0.15, 0.2) is 17.6 Å². The van der Waals surface area contributed by atoms with E-state index in [-0.39, 0.29) is 23.3 Å². The van der Waals surface area contributed by atoms with Gasteiger partial charge >= 0.3 is 5.97 Å². The van der Waals surface area contributed by atoms with Crippen molar-refractivity contribution in [3.8, 4) is 34.3 Å². The summed E-state index contributed by atoms with van der Waals surface area (Å²) < 4.78 is 28.5. The molecule has 0 aliphatic carbocycles. The number of carboxylic acid groups (broad SMARTS) is 1. The molecule has 18 nitrogen and oxygen atoms in total. The molecular formula is C33H39NO17. The zero-order valence-corrected chi connectivity index (χ0v) is 27.1. The third-order valence-corrected chi connectivity index (χ3v) is 9.48. The predicted molar refractivity (Wildman–Crippen MR) is 170 cm³/mol. The van der Waals surface area contributed by atoms with Crippen LogP contribution in [0.3, 0.4) is 0 Å². The highest BCUT2D eigenvalue weighted by Crippen LogP contribution is 2.42. The van der Waals surface area contributed by atoms with E-state index in [9.17, 15) is 60.7 Å². The SMILES string of the molecule is C[C@H]1O[C@@H](OC[C@@H]2O[C@H](Oc3c(-c4ccccc4O)oc4c(CN5CCC[C@@H]5C(=O)O)c(O)cc(O)c4c3=O)[C@@H](O)[C@H](O)[C@H]2O)[C@H](O)[C@@H](O)[C@@H]1O. The second kappa shape index (κ2) is 14.5. The van der Waals surface area contributed by atoms with E-state index >= 15 is 0 Å². The van der Waals surface area contributed by atoms with Crippen LogP contribution in [-0.2, 0) is 25.5 Å². The molecule has 0 spiro atoms. The number of aliphatic hydroxyl groups is 6. The van der Waals surface area contributed by atoms with Crippen molar-refractivity contribution in [2.24, 2.45) is 0 Å². The Kier molecular flexibility index (Phi) is 10.4. The number of rotatable bonds is 9. The molecule has 0 radical (unpaired) electrons. The molecule has 6 rings (SSSR count). The number of aliphatic carboxylic acids is 1. The molecule has 0 bridgehead atoms. The second-order valence-electron chi connectivity index (χ2n) is 12.8. The van der Waals surface area contributed by atoms with Gasteiger partial charge in [0.1, 0.15) is 71.4 Å². The van der Waals surface area contributed by atoms with Crippen LogP contribution in [0.15, 0.2) is 39.5 Å². The molecule has 4 heterocycles. The number of carboxylic acids is 1. The molecular weight excluding hydrogens is 682 g/mol. The number of ether oxygens (including phenoxy) is 4. The number of benzene rings is 2. The van der Waals surface area contributed by atoms with Crippen molar-refractivity contribution in [3.63, 3.8) is 0 Å². The minimum atomic E-state index is -2.01. The van der Waals surface area contributed by atoms with Crippen molar-refractivity contribution in [3.05, 3.63) is 46.1 Å². The number of para-hydroxylation sites is 1. The monoisotopic (exact) mass is 721 g/mol. The molecule has 0 saturated carbocycles. The average molecular weight is 722 g/mol. The number of fused-ring (bicyclic) bond motifs is 1. The van der Waals surface area contributed by atoms with Gasteiger partial charge in [0.25, 0.3) is 0 Å². The summed E-state index contributed by atoms with van der Waals surface area (Å²) in [5, 5.41) is 104. The van der Waals surface area contributed by atoms with Crippen LogP contribution in [0.1, 0.15) is 25.3 Å². The largest absolute Gasteiger partial charge is 0.507 e. The number of phenolic OH excluding ortho intramolecular Hbond substituents is 3. The number of nitrogens with zero attached hydrogens (tertiary/aromatic N) is 1. The molecule has 0 unspecified atom stereocenters. The minimum Gasteiger partial charge on any atom is -0.507 e. The van der Waals surface area contributed by atoms with Crippen LogP contribution in [-0.4, -0.2) is 143 Å². The Labute approximate surface area is 288 Å². The first-order chi connectivity index (χ1) is 24.2. The highest BCUT2D eigenvalue weighted by atomic mass is 16.7. The van der Waals surface area contributed by atoms with Gasteiger partial charge < -0.3 is 74.4 Å². The average Bonchev–Trinajstić information content (AvgIpc) is 3.57. The number of hydrogen-bond donors (Lipinski definition) is 10. The van der Waals surface area contributed by atoms with Crippen molar-refractivity contribution in [1.82, 2.24) is 4.90 Å². The van der Waals surface area contributed by atoms with E-state index in [1.807, 2.05) is 0 Å². The summed E-state index contributed by atoms with van der Waals surface area (Å²) in [4.78, 5) is 27.6. The topological polar surface area (TPSA) is 290 Å². The molecule has 3 saturated heterocycles. The van der Waals surface area contributed by atoms with E-state index in [1.165, 1.54) is 31.2 Å². The number of likely N-dealkylation sites (tertiary alicyclic amines) is 1. The van der Waals surface area contributed by atoms with E-state index in [2.05, 4.69) is 0 Å². The maximum atomic E-state index is 14.2. The van der Waals surface area contributed by atoms with Crippen LogP contribution in [0, 0.1) is 0 Å². The normalized spacial score (nSPS) is 33.0. The summed E-state index contributed by atoms with van der Waals surface area (Å²) in [6, 6.07) is 5.57. The van der Waals surface area contributed by atoms with Gasteiger partial charge in [0.2, 0.25) is 17.5 Å². The first-order valence-electron chi connectivity index (χ1n) is 16.2. The fourth-order valence-electron chi connectivity index (χ4n) is 6.58. The third kappa shape index (κ3) is 6.83. The van der Waals surface area contributed by atoms with Crippen LogP contribution < -0.4 is 10.2 Å². The Morgan fingerprint density at radius 3 is 2.27 bits per heavy atom. The van der Waals surface area contributed by atoms with Gasteiger partial charge in [0.05, 0.1) is 23.8 Å². The summed E-state index contributed by atoms with van der Waals surface area (Å²) in [6.07, 6.45) is -15.6. The summed E-state index contributed by atoms with van der Waals surface area (Å²) in [6.45, 7) is 0.940. The van der Waals surface area contributed by atoms with Crippen molar-refractivity contribution >= 4 is 16.9 Å². The molecule has 3 aliphatic heterocycles. The standard InChI is InChI=1S/C33H39NO17/c1-12-21(38)24(41)26(43)32(48-12)47-11-19-22(39)25(42)27(44)33(49-19)51-30-23(40)20-18(37)9-17(36)14(10-34-8-4-6-15(34)31(45)46)28(20)50-29(30)13-5-2-3-7-16(13)35/h2-3,5,7,9,12,15,19,21-22,24-27,32-33,35-39,41-44H,4,6,8,10-11H2,1H3,(H,45,46)/t12-,15-,19+,21-,22+,24+,25-,26-,27+,32-,33-/m1/s1. The van der Waals surface area contributed by atoms with E-state index in [0.717, 1.165) is 6.07 Å². The fraction of sp³-hybridized carbons (Fsp3) is 0.515. The predicted octanol–water partition coefficient (Wildman–Crippen LogP) is -1.34. The molecule has 2 aromatic carbocycles. The molecule has 18 heteroatoms. The van der Waals surface area contributed by atoms with Gasteiger partial charge in [-0.25, -0.2) is 0 Å². The first kappa shape index (κ1) is 36.7. The van der Waals surface area contributed by atoms with Crippen molar-refractivity contribution < 1.29 is 79.2 Å². The van der Waals surface area contributed by atoms with Crippen LogP contribution in [0.4, 0.5) is 0 Å². The summed E-state index contributed by atoms with van der Waals surface area (Å²) in [5.41, 5.74) is -1.58. The lowest BCUT2D eigenvalue weighted by molar-refractivity contribution is -0.318. The number of aliphatic hydroxyl groups excluding tert-OH is 6. The summed E-state index contributed by atoms with van der Waals surface area (Å²) in [7, 11) is 0. The van der Waals surface area contributed by atoms with Crippen molar-refractivity contribution in [1.29, 1.82) is 0 Å². The van der Waals surface area contributed by atoms with E-state index in [1.54, 1.807) is 4.90 Å². The Morgan fingerprint density at radius 1 is 0.882 bits per heavy atom. The first-order valence-corrected chi connectivity index (χ1v) is 16.2. The molecule has 3 fully saturated rings. The van der Waals surface area contributed by atoms with E-state index in [0.29, 0.717) is 19.4 Å². The number of aromatic hydroxyl groups is 3. The highest BCUT2D eigenvalue weighted by Gasteiger charge is 2.48. The lowest BCUT2D eigenvalue weighted by Crippen LogP contribution is -2.61. The molecule has 3 aliphatic rings. The molecule has 11 atom stereocenters. The quantitative estimate of drug-likeness (QED) is 0.122. The summed E-state index contributed by atoms with van der Waals surface area (Å²) >= 11 is 0. The minimum absolute atomic E-state index is 0.0416. The van der Waals surface area contributed by atoms with Gasteiger partial charge in [0, 0.05) is 12.6 Å². The number of hydrogen-bond acceptors (Lipinski definition) is 17. The second-order valence-corrected chi connectivity index (χ2v) is 12.8.